The number of carbonyl (C=O) groups is 2. The van der Waals surface area contributed by atoms with Crippen LogP contribution in [0.1, 0.15) is 63.2 Å². The molecule has 3 aliphatic rings. The number of pyridine rings is 1. The number of alkyl carbamates (subject to hydrolysis) is 1. The van der Waals surface area contributed by atoms with Crippen molar-refractivity contribution >= 4 is 35.3 Å². The third-order valence-corrected chi connectivity index (χ3v) is 11.1. The van der Waals surface area contributed by atoms with Crippen LogP contribution < -0.4 is 19.5 Å². The number of hydrogen-bond donors (Lipinski definition) is 1. The first kappa shape index (κ1) is 39.0. The Hall–Kier alpha value is -5.29. The van der Waals surface area contributed by atoms with Crippen molar-refractivity contribution in [2.75, 3.05) is 33.9 Å². The van der Waals surface area contributed by atoms with Gasteiger partial charge in [0.05, 0.1) is 35.9 Å². The SMILES string of the molecule is COc1ccc(C(Cc2c(Cl)cncc2Cl)OC(=O)c2ccc(COc3cccc(C(NC(=O)O[C@H]4CN5CCC4CC5)c4ccccc4)c3)cc2)cc1OC. The summed E-state index contributed by atoms with van der Waals surface area (Å²) in [5.74, 6) is 1.54. The molecule has 290 valence electrons. The molecule has 4 heterocycles. The van der Waals surface area contributed by atoms with Crippen molar-refractivity contribution in [2.45, 2.75) is 44.1 Å². The number of hydrogen-bond acceptors (Lipinski definition) is 9. The Morgan fingerprint density at radius 1 is 0.821 bits per heavy atom. The Balaban J connectivity index is 1.02. The van der Waals surface area contributed by atoms with Crippen LogP contribution in [0.3, 0.4) is 0 Å². The largest absolute Gasteiger partial charge is 0.493 e. The molecule has 3 saturated heterocycles. The molecule has 56 heavy (non-hydrogen) atoms. The lowest BCUT2D eigenvalue weighted by Crippen LogP contribution is -2.52. The van der Waals surface area contributed by atoms with E-state index in [0.717, 1.165) is 49.2 Å². The van der Waals surface area contributed by atoms with Gasteiger partial charge in [0.1, 0.15) is 24.6 Å². The van der Waals surface area contributed by atoms with E-state index < -0.39 is 24.2 Å². The molecule has 3 fully saturated rings. The summed E-state index contributed by atoms with van der Waals surface area (Å²) in [5, 5.41) is 3.85. The number of piperidine rings is 3. The van der Waals surface area contributed by atoms with Crippen LogP contribution in [0.5, 0.6) is 17.2 Å². The number of nitrogens with one attached hydrogen (secondary N) is 1. The predicted molar refractivity (Wildman–Crippen MR) is 214 cm³/mol. The Labute approximate surface area is 336 Å². The van der Waals surface area contributed by atoms with E-state index >= 15 is 0 Å². The van der Waals surface area contributed by atoms with Gasteiger partial charge in [-0.15, -0.1) is 0 Å². The second-order valence-electron chi connectivity index (χ2n) is 13.9. The molecule has 10 nitrogen and oxygen atoms in total. The Bertz CT molecular complexity index is 2110. The fourth-order valence-corrected chi connectivity index (χ4v) is 7.84. The average molecular weight is 797 g/mol. The van der Waals surface area contributed by atoms with Gasteiger partial charge in [0, 0.05) is 25.4 Å². The zero-order valence-electron chi connectivity index (χ0n) is 31.2. The number of carbonyl (C=O) groups excluding carboxylic acids is 2. The molecule has 0 saturated carbocycles. The van der Waals surface area contributed by atoms with Gasteiger partial charge in [0.2, 0.25) is 0 Å². The lowest BCUT2D eigenvalue weighted by Gasteiger charge is -2.43. The number of esters is 1. The Morgan fingerprint density at radius 3 is 2.21 bits per heavy atom. The Kier molecular flexibility index (Phi) is 12.6. The minimum absolute atomic E-state index is 0.0962. The van der Waals surface area contributed by atoms with Crippen LogP contribution >= 0.6 is 23.2 Å². The summed E-state index contributed by atoms with van der Waals surface area (Å²) in [6.45, 7) is 3.18. The van der Waals surface area contributed by atoms with Crippen LogP contribution in [-0.4, -0.2) is 61.9 Å². The van der Waals surface area contributed by atoms with Crippen molar-refractivity contribution in [3.63, 3.8) is 0 Å². The monoisotopic (exact) mass is 795 g/mol. The minimum atomic E-state index is -0.758. The first-order valence-electron chi connectivity index (χ1n) is 18.5. The molecule has 0 radical (unpaired) electrons. The van der Waals surface area contributed by atoms with Gasteiger partial charge in [-0.2, -0.15) is 0 Å². The van der Waals surface area contributed by atoms with Gasteiger partial charge in [0.25, 0.3) is 0 Å². The fraction of sp³-hybridized carbons (Fsp3) is 0.295. The zero-order chi connectivity index (χ0) is 39.0. The molecule has 5 aromatic rings. The molecule has 2 bridgehead atoms. The van der Waals surface area contributed by atoms with Crippen LogP contribution in [0.15, 0.2) is 109 Å². The molecule has 4 aromatic carbocycles. The van der Waals surface area contributed by atoms with Crippen LogP contribution in [0.4, 0.5) is 4.79 Å². The summed E-state index contributed by atoms with van der Waals surface area (Å²) in [7, 11) is 3.09. The number of fused-ring (bicyclic) bond motifs is 3. The topological polar surface area (TPSA) is 108 Å². The molecule has 0 spiro atoms. The highest BCUT2D eigenvalue weighted by atomic mass is 35.5. The van der Waals surface area contributed by atoms with E-state index in [9.17, 15) is 9.59 Å². The van der Waals surface area contributed by atoms with Gasteiger partial charge in [0.15, 0.2) is 11.5 Å². The average Bonchev–Trinajstić information content (AvgIpc) is 3.23. The smallest absolute Gasteiger partial charge is 0.408 e. The summed E-state index contributed by atoms with van der Waals surface area (Å²) in [4.78, 5) is 33.2. The van der Waals surface area contributed by atoms with E-state index in [1.54, 1.807) is 37.4 Å². The molecule has 1 amide bonds. The normalized spacial score (nSPS) is 18.3. The maximum Gasteiger partial charge on any atom is 0.408 e. The first-order valence-corrected chi connectivity index (χ1v) is 19.3. The summed E-state index contributed by atoms with van der Waals surface area (Å²) in [6, 6.07) is 29.4. The molecule has 2 unspecified atom stereocenters. The zero-order valence-corrected chi connectivity index (χ0v) is 32.7. The van der Waals surface area contributed by atoms with Gasteiger partial charge >= 0.3 is 12.1 Å². The van der Waals surface area contributed by atoms with Crippen LogP contribution in [0, 0.1) is 5.92 Å². The summed E-state index contributed by atoms with van der Waals surface area (Å²) in [6.07, 6.45) is 4.05. The highest BCUT2D eigenvalue weighted by Crippen LogP contribution is 2.36. The van der Waals surface area contributed by atoms with E-state index in [0.29, 0.717) is 49.9 Å². The third-order valence-electron chi connectivity index (χ3n) is 10.4. The molecule has 12 heteroatoms. The second-order valence-corrected chi connectivity index (χ2v) is 14.7. The lowest BCUT2D eigenvalue weighted by atomic mass is 9.86. The highest BCUT2D eigenvalue weighted by Gasteiger charge is 2.37. The predicted octanol–water partition coefficient (Wildman–Crippen LogP) is 9.04. The summed E-state index contributed by atoms with van der Waals surface area (Å²) in [5.41, 5.74) is 4.26. The molecular weight excluding hydrogens is 753 g/mol. The minimum Gasteiger partial charge on any atom is -0.493 e. The summed E-state index contributed by atoms with van der Waals surface area (Å²) < 4.78 is 29.2. The number of methoxy groups -OCH3 is 2. The number of rotatable bonds is 14. The molecule has 0 aliphatic carbocycles. The lowest BCUT2D eigenvalue weighted by molar-refractivity contribution is -0.0336. The van der Waals surface area contributed by atoms with Gasteiger partial charge in [-0.25, -0.2) is 9.59 Å². The molecular formula is C44H43Cl2N3O7. The van der Waals surface area contributed by atoms with E-state index in [2.05, 4.69) is 15.2 Å². The molecule has 1 N–H and O–H groups in total. The molecule has 3 atom stereocenters. The maximum absolute atomic E-state index is 13.6. The van der Waals surface area contributed by atoms with Crippen molar-refractivity contribution in [3.05, 3.63) is 153 Å². The van der Waals surface area contributed by atoms with Crippen molar-refractivity contribution in [1.29, 1.82) is 0 Å². The standard InChI is InChI=1S/C44H43Cl2N3O7/c1-52-38-16-15-32(22-40(38)53-2)39(23-35-36(45)24-47-25-37(35)46)55-43(50)31-13-11-28(12-14-31)27-54-34-10-6-9-33(21-34)42(30-7-4-3-5-8-30)48-44(51)56-41-26-49-19-17-29(41)18-20-49/h3-16,21-22,24-25,29,39,41-42H,17-20,23,26-27H2,1-2H3,(H,48,51)/t39?,41-,42?/m0/s1. The second kappa shape index (κ2) is 18.1. The highest BCUT2D eigenvalue weighted by molar-refractivity contribution is 6.35. The first-order chi connectivity index (χ1) is 27.3. The number of halogens is 2. The fourth-order valence-electron chi connectivity index (χ4n) is 7.32. The number of aromatic nitrogens is 1. The van der Waals surface area contributed by atoms with Gasteiger partial charge < -0.3 is 29.0 Å². The molecule has 8 rings (SSSR count). The number of amides is 1. The number of nitrogens with zero attached hydrogens (tertiary/aromatic N) is 2. The van der Waals surface area contributed by atoms with Crippen molar-refractivity contribution in [3.8, 4) is 17.2 Å². The molecule has 3 aliphatic heterocycles. The van der Waals surface area contributed by atoms with E-state index in [4.69, 9.17) is 46.9 Å². The van der Waals surface area contributed by atoms with Crippen molar-refractivity contribution in [1.82, 2.24) is 15.2 Å². The Morgan fingerprint density at radius 2 is 1.54 bits per heavy atom. The number of benzene rings is 4. The maximum atomic E-state index is 13.6. The van der Waals surface area contributed by atoms with E-state index in [1.165, 1.54) is 19.5 Å². The molecule has 1 aromatic heterocycles. The van der Waals surface area contributed by atoms with Crippen LogP contribution in [0.25, 0.3) is 0 Å². The van der Waals surface area contributed by atoms with Gasteiger partial charge in [-0.1, -0.05) is 83.9 Å². The van der Waals surface area contributed by atoms with Crippen molar-refractivity contribution in [2.24, 2.45) is 5.92 Å². The van der Waals surface area contributed by atoms with Gasteiger partial charge in [-0.05, 0) is 96.1 Å². The van der Waals surface area contributed by atoms with Crippen LogP contribution in [0.2, 0.25) is 10.0 Å². The third kappa shape index (κ3) is 9.38. The summed E-state index contributed by atoms with van der Waals surface area (Å²) >= 11 is 12.9. The number of ether oxygens (including phenoxy) is 5. The van der Waals surface area contributed by atoms with E-state index in [1.807, 2.05) is 66.7 Å². The quantitative estimate of drug-likeness (QED) is 0.110. The van der Waals surface area contributed by atoms with E-state index in [-0.39, 0.29) is 19.1 Å². The van der Waals surface area contributed by atoms with Gasteiger partial charge in [-0.3, -0.25) is 9.88 Å². The van der Waals surface area contributed by atoms with Crippen LogP contribution in [-0.2, 0) is 22.5 Å². The van der Waals surface area contributed by atoms with Crippen molar-refractivity contribution < 1.29 is 33.3 Å².